The Labute approximate surface area is 221 Å². The summed E-state index contributed by atoms with van der Waals surface area (Å²) in [5, 5.41) is 21.5. The second kappa shape index (κ2) is 20.2. The summed E-state index contributed by atoms with van der Waals surface area (Å²) in [7, 11) is 0. The normalized spacial score (nSPS) is 27.0. The Bertz CT molecular complexity index is 568. The maximum atomic E-state index is 3.65. The fraction of sp³-hybridized carbons (Fsp3) is 0.857. The smallest absolute Gasteiger partial charge is 0.0231 e. The van der Waals surface area contributed by atoms with Gasteiger partial charge in [-0.1, -0.05) is 18.2 Å². The molecule has 0 spiro atoms. The quantitative estimate of drug-likeness (QED) is 0.325. The van der Waals surface area contributed by atoms with Crippen LogP contribution in [0.1, 0.15) is 32.1 Å². The molecule has 36 heavy (non-hydrogen) atoms. The van der Waals surface area contributed by atoms with Crippen molar-refractivity contribution in [3.05, 3.63) is 23.8 Å². The van der Waals surface area contributed by atoms with Gasteiger partial charge < -0.3 is 36.8 Å². The van der Waals surface area contributed by atoms with Crippen LogP contribution in [0.25, 0.3) is 0 Å². The molecular formula is C28H56N8. The average Bonchev–Trinajstić information content (AvgIpc) is 2.89. The van der Waals surface area contributed by atoms with Crippen molar-refractivity contribution in [1.82, 2.24) is 41.7 Å². The van der Waals surface area contributed by atoms with Gasteiger partial charge in [0.15, 0.2) is 0 Å². The van der Waals surface area contributed by atoms with E-state index in [1.165, 1.54) is 57.3 Å². The van der Waals surface area contributed by atoms with Crippen LogP contribution >= 0.6 is 0 Å². The molecule has 2 heterocycles. The van der Waals surface area contributed by atoms with E-state index >= 15 is 0 Å². The van der Waals surface area contributed by atoms with Crippen LogP contribution in [0.2, 0.25) is 0 Å². The highest BCUT2D eigenvalue weighted by molar-refractivity contribution is 5.25. The summed E-state index contributed by atoms with van der Waals surface area (Å²) in [6, 6.07) is 0. The summed E-state index contributed by atoms with van der Waals surface area (Å²) in [6.45, 7) is 20.1. The molecule has 1 aliphatic carbocycles. The molecule has 0 amide bonds. The summed E-state index contributed by atoms with van der Waals surface area (Å²) in [6.07, 6.45) is 13.5. The molecule has 0 bridgehead atoms. The second-order valence-corrected chi connectivity index (χ2v) is 10.6. The van der Waals surface area contributed by atoms with Crippen molar-refractivity contribution in [3.8, 4) is 0 Å². The molecular weight excluding hydrogens is 448 g/mol. The predicted octanol–water partition coefficient (Wildman–Crippen LogP) is 0.218. The van der Waals surface area contributed by atoms with Crippen molar-refractivity contribution in [2.75, 3.05) is 118 Å². The number of nitrogens with zero attached hydrogens (tertiary/aromatic N) is 2. The molecule has 2 fully saturated rings. The molecule has 3 aliphatic rings. The van der Waals surface area contributed by atoms with Crippen molar-refractivity contribution in [2.24, 2.45) is 5.92 Å². The Morgan fingerprint density at radius 2 is 1.06 bits per heavy atom. The number of nitrogens with one attached hydrogen (secondary N) is 6. The molecule has 0 aromatic carbocycles. The third kappa shape index (κ3) is 14.2. The van der Waals surface area contributed by atoms with Gasteiger partial charge in [0.2, 0.25) is 0 Å². The first kappa shape index (κ1) is 29.7. The van der Waals surface area contributed by atoms with Crippen LogP contribution < -0.4 is 31.9 Å². The van der Waals surface area contributed by atoms with Gasteiger partial charge in [-0.05, 0) is 96.0 Å². The van der Waals surface area contributed by atoms with Crippen molar-refractivity contribution < 1.29 is 0 Å². The zero-order chi connectivity index (χ0) is 24.9. The fourth-order valence-electron chi connectivity index (χ4n) is 5.23. The second-order valence-electron chi connectivity index (χ2n) is 10.6. The van der Waals surface area contributed by atoms with Crippen molar-refractivity contribution in [3.63, 3.8) is 0 Å². The van der Waals surface area contributed by atoms with E-state index in [2.05, 4.69) is 59.9 Å². The molecule has 8 heteroatoms. The summed E-state index contributed by atoms with van der Waals surface area (Å²) in [5.74, 6) is 0.642. The van der Waals surface area contributed by atoms with Crippen molar-refractivity contribution >= 4 is 0 Å². The van der Waals surface area contributed by atoms with Crippen LogP contribution in [0.3, 0.4) is 0 Å². The maximum Gasteiger partial charge on any atom is 0.0231 e. The Kier molecular flexibility index (Phi) is 16.6. The average molecular weight is 505 g/mol. The van der Waals surface area contributed by atoms with Crippen molar-refractivity contribution in [2.45, 2.75) is 32.1 Å². The van der Waals surface area contributed by atoms with E-state index in [0.29, 0.717) is 5.92 Å². The van der Waals surface area contributed by atoms with E-state index in [9.17, 15) is 0 Å². The van der Waals surface area contributed by atoms with Gasteiger partial charge in [0.1, 0.15) is 0 Å². The highest BCUT2D eigenvalue weighted by Crippen LogP contribution is 2.19. The standard InChI is InChI=1S/C28H56N8/c1-9-29-15-17-31-13-3-21-35(23-19-33-11-1)25-27-5-7-28(8-6-27)26-36-22-4-14-32-18-16-30-10-2-12-34-20-24-36/h5-7,28-34H,1-4,8-26H2. The van der Waals surface area contributed by atoms with Gasteiger partial charge in [-0.25, -0.2) is 0 Å². The van der Waals surface area contributed by atoms with E-state index in [0.717, 1.165) is 98.2 Å². The number of hydrogen-bond donors (Lipinski definition) is 6. The van der Waals surface area contributed by atoms with E-state index in [1.54, 1.807) is 0 Å². The predicted molar refractivity (Wildman–Crippen MR) is 154 cm³/mol. The fourth-order valence-corrected chi connectivity index (χ4v) is 5.23. The van der Waals surface area contributed by atoms with Crippen molar-refractivity contribution in [1.29, 1.82) is 0 Å². The minimum absolute atomic E-state index is 0.642. The summed E-state index contributed by atoms with van der Waals surface area (Å²) < 4.78 is 0. The van der Waals surface area contributed by atoms with E-state index in [1.807, 2.05) is 0 Å². The van der Waals surface area contributed by atoms with Gasteiger partial charge in [-0.3, -0.25) is 4.90 Å². The molecule has 208 valence electrons. The lowest BCUT2D eigenvalue weighted by molar-refractivity contribution is 0.242. The van der Waals surface area contributed by atoms with Crippen LogP contribution in [0.15, 0.2) is 23.8 Å². The molecule has 1 unspecified atom stereocenters. The number of allylic oxidation sites excluding steroid dienone is 1. The summed E-state index contributed by atoms with van der Waals surface area (Å²) in [4.78, 5) is 5.33. The van der Waals surface area contributed by atoms with Gasteiger partial charge in [0.25, 0.3) is 0 Å². The Hall–Kier alpha value is -0.840. The molecule has 1 atom stereocenters. The molecule has 6 N–H and O–H groups in total. The zero-order valence-electron chi connectivity index (χ0n) is 23.0. The minimum atomic E-state index is 0.642. The lowest BCUT2D eigenvalue weighted by Crippen LogP contribution is -2.39. The largest absolute Gasteiger partial charge is 0.315 e. The molecule has 3 rings (SSSR count). The highest BCUT2D eigenvalue weighted by atomic mass is 15.1. The maximum absolute atomic E-state index is 3.65. The Morgan fingerprint density at radius 3 is 1.61 bits per heavy atom. The van der Waals surface area contributed by atoms with Gasteiger partial charge in [0, 0.05) is 65.4 Å². The van der Waals surface area contributed by atoms with Crippen LogP contribution in [-0.2, 0) is 0 Å². The van der Waals surface area contributed by atoms with E-state index in [-0.39, 0.29) is 0 Å². The lowest BCUT2D eigenvalue weighted by atomic mass is 9.95. The minimum Gasteiger partial charge on any atom is -0.315 e. The molecule has 0 aromatic rings. The van der Waals surface area contributed by atoms with Gasteiger partial charge >= 0.3 is 0 Å². The van der Waals surface area contributed by atoms with Gasteiger partial charge in [-0.2, -0.15) is 0 Å². The Morgan fingerprint density at radius 1 is 0.556 bits per heavy atom. The first-order valence-corrected chi connectivity index (χ1v) is 15.0. The van der Waals surface area contributed by atoms with Crippen LogP contribution in [0.5, 0.6) is 0 Å². The van der Waals surface area contributed by atoms with Gasteiger partial charge in [-0.15, -0.1) is 0 Å². The van der Waals surface area contributed by atoms with Gasteiger partial charge in [0.05, 0.1) is 0 Å². The highest BCUT2D eigenvalue weighted by Gasteiger charge is 2.15. The SMILES string of the molecule is C1=CC(CN2CCCNCCNCCCNCC2)CC=C1CN1CCCNCCNCCCNCC1. The van der Waals surface area contributed by atoms with Crippen LogP contribution in [0.4, 0.5) is 0 Å². The van der Waals surface area contributed by atoms with E-state index in [4.69, 9.17) is 0 Å². The molecule has 8 nitrogen and oxygen atoms in total. The molecule has 2 aliphatic heterocycles. The first-order valence-electron chi connectivity index (χ1n) is 15.0. The first-order chi connectivity index (χ1) is 17.9. The summed E-state index contributed by atoms with van der Waals surface area (Å²) in [5.41, 5.74) is 1.50. The lowest BCUT2D eigenvalue weighted by Gasteiger charge is -2.29. The van der Waals surface area contributed by atoms with Crippen LogP contribution in [0, 0.1) is 5.92 Å². The third-order valence-electron chi connectivity index (χ3n) is 7.40. The number of hydrogen-bond acceptors (Lipinski definition) is 8. The third-order valence-corrected chi connectivity index (χ3v) is 7.40. The zero-order valence-corrected chi connectivity index (χ0v) is 23.0. The Balaban J connectivity index is 1.40. The van der Waals surface area contributed by atoms with E-state index < -0.39 is 0 Å². The molecule has 0 radical (unpaired) electrons. The van der Waals surface area contributed by atoms with Crippen LogP contribution in [-0.4, -0.2) is 128 Å². The molecule has 0 aromatic heterocycles. The summed E-state index contributed by atoms with van der Waals surface area (Å²) >= 11 is 0. The monoisotopic (exact) mass is 504 g/mol. The number of rotatable bonds is 4. The molecule has 2 saturated heterocycles. The topological polar surface area (TPSA) is 78.7 Å². The molecule has 0 saturated carbocycles.